The number of carbonyl (C=O) groups is 2. The van der Waals surface area contributed by atoms with Gasteiger partial charge in [0.2, 0.25) is 0 Å². The van der Waals surface area contributed by atoms with Gasteiger partial charge in [-0.2, -0.15) is 0 Å². The molecule has 0 spiro atoms. The second kappa shape index (κ2) is 10.3. The van der Waals surface area contributed by atoms with E-state index in [1.165, 1.54) is 29.5 Å². The number of rotatable bonds is 9. The Bertz CT molecular complexity index is 1140. The SMILES string of the molecule is Cc1ccc(C(=O)C(O)C(O)C(O)C(O)C(=O)O)cc1Cc1ccc(-c2ccc(F)cc2)s1. The van der Waals surface area contributed by atoms with Crippen LogP contribution in [0.4, 0.5) is 4.39 Å². The summed E-state index contributed by atoms with van der Waals surface area (Å²) in [6.45, 7) is 1.86. The minimum Gasteiger partial charge on any atom is -0.479 e. The van der Waals surface area contributed by atoms with E-state index in [1.54, 1.807) is 24.3 Å². The van der Waals surface area contributed by atoms with E-state index in [1.807, 2.05) is 19.1 Å². The number of thiophene rings is 1. The molecule has 0 saturated carbocycles. The van der Waals surface area contributed by atoms with Crippen LogP contribution in [0, 0.1) is 12.7 Å². The van der Waals surface area contributed by atoms with Crippen LogP contribution in [0.3, 0.4) is 0 Å². The number of Topliss-reactive ketones (excluding diaryl/α,β-unsaturated/α-hetero) is 1. The molecule has 0 radical (unpaired) electrons. The molecule has 1 heterocycles. The number of hydrogen-bond donors (Lipinski definition) is 5. The molecule has 0 saturated heterocycles. The summed E-state index contributed by atoms with van der Waals surface area (Å²) >= 11 is 1.52. The molecular weight excluding hydrogens is 451 g/mol. The number of ketones is 1. The van der Waals surface area contributed by atoms with Gasteiger partial charge in [0, 0.05) is 21.7 Å². The van der Waals surface area contributed by atoms with Gasteiger partial charge in [0.1, 0.15) is 24.1 Å². The van der Waals surface area contributed by atoms with Crippen molar-refractivity contribution in [3.63, 3.8) is 0 Å². The van der Waals surface area contributed by atoms with E-state index < -0.39 is 36.2 Å². The van der Waals surface area contributed by atoms with Gasteiger partial charge in [-0.1, -0.05) is 24.3 Å². The first-order valence-electron chi connectivity index (χ1n) is 10.0. The second-order valence-electron chi connectivity index (χ2n) is 7.66. The van der Waals surface area contributed by atoms with Gasteiger partial charge < -0.3 is 25.5 Å². The molecule has 0 aliphatic rings. The highest BCUT2D eigenvalue weighted by molar-refractivity contribution is 7.15. The van der Waals surface area contributed by atoms with Crippen LogP contribution < -0.4 is 0 Å². The fraction of sp³-hybridized carbons (Fsp3) is 0.250. The first-order valence-corrected chi connectivity index (χ1v) is 10.8. The van der Waals surface area contributed by atoms with Crippen molar-refractivity contribution in [2.75, 3.05) is 0 Å². The zero-order valence-electron chi connectivity index (χ0n) is 17.6. The molecule has 1 aromatic heterocycles. The summed E-state index contributed by atoms with van der Waals surface area (Å²) in [5.41, 5.74) is 2.63. The van der Waals surface area contributed by atoms with Crippen LogP contribution in [-0.4, -0.2) is 61.7 Å². The highest BCUT2D eigenvalue weighted by atomic mass is 32.1. The molecule has 3 aromatic rings. The number of benzene rings is 2. The van der Waals surface area contributed by atoms with Crippen molar-refractivity contribution < 1.29 is 39.5 Å². The number of aliphatic hydroxyl groups is 4. The monoisotopic (exact) mass is 474 g/mol. The van der Waals surface area contributed by atoms with Crippen LogP contribution in [0.2, 0.25) is 0 Å². The van der Waals surface area contributed by atoms with E-state index in [0.29, 0.717) is 6.42 Å². The van der Waals surface area contributed by atoms with Crippen molar-refractivity contribution >= 4 is 23.1 Å². The number of halogens is 1. The van der Waals surface area contributed by atoms with E-state index in [0.717, 1.165) is 26.4 Å². The van der Waals surface area contributed by atoms with Crippen molar-refractivity contribution in [1.29, 1.82) is 0 Å². The number of carboxylic acids is 1. The van der Waals surface area contributed by atoms with E-state index in [2.05, 4.69) is 0 Å². The summed E-state index contributed by atoms with van der Waals surface area (Å²) in [4.78, 5) is 25.4. The Morgan fingerprint density at radius 2 is 1.55 bits per heavy atom. The largest absolute Gasteiger partial charge is 0.479 e. The van der Waals surface area contributed by atoms with Gasteiger partial charge >= 0.3 is 5.97 Å². The van der Waals surface area contributed by atoms with Gasteiger partial charge in [-0.25, -0.2) is 9.18 Å². The molecule has 0 aliphatic carbocycles. The van der Waals surface area contributed by atoms with E-state index in [4.69, 9.17) is 5.11 Å². The topological polar surface area (TPSA) is 135 Å². The normalized spacial score (nSPS) is 15.0. The maximum Gasteiger partial charge on any atom is 0.335 e. The lowest BCUT2D eigenvalue weighted by molar-refractivity contribution is -0.161. The third kappa shape index (κ3) is 5.70. The average Bonchev–Trinajstić information content (AvgIpc) is 3.26. The van der Waals surface area contributed by atoms with Crippen molar-refractivity contribution in [2.24, 2.45) is 0 Å². The number of aryl methyl sites for hydroxylation is 1. The van der Waals surface area contributed by atoms with E-state index in [9.17, 15) is 34.4 Å². The molecule has 5 N–H and O–H groups in total. The highest BCUT2D eigenvalue weighted by Gasteiger charge is 2.37. The summed E-state index contributed by atoms with van der Waals surface area (Å²) in [6, 6.07) is 14.7. The zero-order chi connectivity index (χ0) is 24.3. The van der Waals surface area contributed by atoms with Gasteiger partial charge in [-0.15, -0.1) is 11.3 Å². The Labute approximate surface area is 193 Å². The molecule has 0 amide bonds. The molecule has 0 aliphatic heterocycles. The molecule has 4 unspecified atom stereocenters. The van der Waals surface area contributed by atoms with Crippen LogP contribution in [0.15, 0.2) is 54.6 Å². The van der Waals surface area contributed by atoms with Gasteiger partial charge in [-0.3, -0.25) is 4.79 Å². The molecule has 33 heavy (non-hydrogen) atoms. The van der Waals surface area contributed by atoms with Crippen LogP contribution in [-0.2, 0) is 11.2 Å². The molecule has 7 nitrogen and oxygen atoms in total. The molecule has 0 fully saturated rings. The van der Waals surface area contributed by atoms with E-state index >= 15 is 0 Å². The fourth-order valence-electron chi connectivity index (χ4n) is 3.29. The molecule has 174 valence electrons. The molecule has 0 bridgehead atoms. The summed E-state index contributed by atoms with van der Waals surface area (Å²) in [7, 11) is 0. The number of carboxylic acid groups (broad SMARTS) is 1. The quantitative estimate of drug-likeness (QED) is 0.300. The zero-order valence-corrected chi connectivity index (χ0v) is 18.4. The lowest BCUT2D eigenvalue weighted by atomic mass is 9.93. The van der Waals surface area contributed by atoms with Gasteiger partial charge in [0.25, 0.3) is 0 Å². The van der Waals surface area contributed by atoms with Crippen molar-refractivity contribution in [3.8, 4) is 10.4 Å². The summed E-state index contributed by atoms with van der Waals surface area (Å²) in [6.07, 6.45) is -8.44. The van der Waals surface area contributed by atoms with Crippen molar-refractivity contribution in [3.05, 3.63) is 82.0 Å². The Hall–Kier alpha value is -2.95. The average molecular weight is 475 g/mol. The first-order chi connectivity index (χ1) is 15.6. The third-order valence-electron chi connectivity index (χ3n) is 5.31. The maximum absolute atomic E-state index is 13.2. The van der Waals surface area contributed by atoms with Crippen LogP contribution in [0.1, 0.15) is 26.4 Å². The van der Waals surface area contributed by atoms with Crippen molar-refractivity contribution in [1.82, 2.24) is 0 Å². The minimum absolute atomic E-state index is 0.0643. The van der Waals surface area contributed by atoms with Crippen LogP contribution >= 0.6 is 11.3 Å². The molecule has 2 aromatic carbocycles. The van der Waals surface area contributed by atoms with E-state index in [-0.39, 0.29) is 11.4 Å². The number of hydrogen-bond acceptors (Lipinski definition) is 7. The smallest absolute Gasteiger partial charge is 0.335 e. The summed E-state index contributed by atoms with van der Waals surface area (Å²) in [5.74, 6) is -3.03. The van der Waals surface area contributed by atoms with Gasteiger partial charge in [0.15, 0.2) is 11.9 Å². The Balaban J connectivity index is 1.77. The Kier molecular flexibility index (Phi) is 7.72. The standard InChI is InChI=1S/C24H23FO7S/c1-12-2-3-14(19(26)20(27)21(28)22(29)23(30)24(31)32)10-15(12)11-17-8-9-18(33-17)13-4-6-16(25)7-5-13/h2-10,20-23,27-30H,11H2,1H3,(H,31,32). The van der Waals surface area contributed by atoms with Gasteiger partial charge in [0.05, 0.1) is 0 Å². The third-order valence-corrected chi connectivity index (χ3v) is 6.44. The lowest BCUT2D eigenvalue weighted by Gasteiger charge is -2.24. The lowest BCUT2D eigenvalue weighted by Crippen LogP contribution is -2.50. The predicted molar refractivity (Wildman–Crippen MR) is 120 cm³/mol. The number of aliphatic hydroxyl groups excluding tert-OH is 4. The minimum atomic E-state index is -2.36. The van der Waals surface area contributed by atoms with Crippen LogP contribution in [0.25, 0.3) is 10.4 Å². The predicted octanol–water partition coefficient (Wildman–Crippen LogP) is 2.16. The molecule has 4 atom stereocenters. The fourth-order valence-corrected chi connectivity index (χ4v) is 4.33. The van der Waals surface area contributed by atoms with Gasteiger partial charge in [-0.05, 0) is 53.9 Å². The van der Waals surface area contributed by atoms with Crippen LogP contribution in [0.5, 0.6) is 0 Å². The van der Waals surface area contributed by atoms with Crippen molar-refractivity contribution in [2.45, 2.75) is 37.8 Å². The Morgan fingerprint density at radius 1 is 0.909 bits per heavy atom. The molecule has 9 heteroatoms. The Morgan fingerprint density at radius 3 is 2.18 bits per heavy atom. The summed E-state index contributed by atoms with van der Waals surface area (Å²) < 4.78 is 13.2. The second-order valence-corrected chi connectivity index (χ2v) is 8.83. The number of aliphatic carboxylic acids is 1. The summed E-state index contributed by atoms with van der Waals surface area (Å²) in [5, 5.41) is 47.9. The first kappa shape index (κ1) is 24.7. The molecular formula is C24H23FO7S. The number of carbonyl (C=O) groups excluding carboxylic acids is 1. The molecule has 3 rings (SSSR count). The maximum atomic E-state index is 13.2. The highest BCUT2D eigenvalue weighted by Crippen LogP contribution is 2.30.